The van der Waals surface area contributed by atoms with Crippen molar-refractivity contribution in [3.63, 3.8) is 0 Å². The zero-order chi connectivity index (χ0) is 15.4. The quantitative estimate of drug-likeness (QED) is 0.747. The number of nitrogens with two attached hydrogens (primary N) is 1. The molecule has 4 nitrogen and oxygen atoms in total. The molecule has 5 heteroatoms. The second-order valence-electron chi connectivity index (χ2n) is 5.89. The predicted molar refractivity (Wildman–Crippen MR) is 92.2 cm³/mol. The van der Waals surface area contributed by atoms with Gasteiger partial charge >= 0.3 is 0 Å². The number of thiocarbonyl (C=S) groups is 1. The van der Waals surface area contributed by atoms with Gasteiger partial charge in [0, 0.05) is 0 Å². The van der Waals surface area contributed by atoms with E-state index in [1.807, 2.05) is 13.8 Å². The van der Waals surface area contributed by atoms with Crippen molar-refractivity contribution in [1.82, 2.24) is 5.32 Å². The average molecular weight is 307 g/mol. The number of anilines is 1. The minimum atomic E-state index is 0.112. The van der Waals surface area contributed by atoms with Gasteiger partial charge in [0.2, 0.25) is 0 Å². The number of hydrogen-bond donors (Lipinski definition) is 3. The van der Waals surface area contributed by atoms with E-state index in [9.17, 15) is 0 Å². The van der Waals surface area contributed by atoms with Crippen LogP contribution in [0.15, 0.2) is 12.1 Å². The third-order valence-corrected chi connectivity index (χ3v) is 3.87. The summed E-state index contributed by atoms with van der Waals surface area (Å²) in [5.74, 6) is 1.43. The number of hydrogen-bond acceptors (Lipinski definition) is 3. The third kappa shape index (κ3) is 4.32. The second kappa shape index (κ2) is 7.09. The minimum Gasteiger partial charge on any atom is -0.489 e. The molecule has 2 rings (SSSR count). The summed E-state index contributed by atoms with van der Waals surface area (Å²) >= 11 is 4.95. The van der Waals surface area contributed by atoms with Gasteiger partial charge in [-0.2, -0.15) is 0 Å². The van der Waals surface area contributed by atoms with E-state index in [1.165, 1.54) is 24.0 Å². The van der Waals surface area contributed by atoms with Crippen molar-refractivity contribution >= 4 is 23.0 Å². The van der Waals surface area contributed by atoms with Crippen LogP contribution in [0, 0.1) is 6.92 Å². The Kier molecular flexibility index (Phi) is 5.42. The van der Waals surface area contributed by atoms with E-state index in [0.717, 1.165) is 24.5 Å². The molecule has 0 saturated carbocycles. The highest BCUT2D eigenvalue weighted by Gasteiger charge is 2.20. The number of rotatable bonds is 4. The van der Waals surface area contributed by atoms with Crippen LogP contribution >= 0.6 is 12.2 Å². The van der Waals surface area contributed by atoms with Crippen LogP contribution < -0.4 is 21.1 Å². The molecule has 0 amide bonds. The van der Waals surface area contributed by atoms with Crippen LogP contribution in [0.1, 0.15) is 43.7 Å². The Bertz CT molecular complexity index is 510. The average Bonchev–Trinajstić information content (AvgIpc) is 2.41. The van der Waals surface area contributed by atoms with E-state index in [-0.39, 0.29) is 11.2 Å². The molecule has 1 aliphatic rings. The molecular formula is C16H25N3OS. The fourth-order valence-corrected chi connectivity index (χ4v) is 2.97. The van der Waals surface area contributed by atoms with Crippen LogP contribution in [-0.2, 0) is 0 Å². The second-order valence-corrected chi connectivity index (χ2v) is 6.32. The molecule has 1 fully saturated rings. The zero-order valence-corrected chi connectivity index (χ0v) is 13.8. The summed E-state index contributed by atoms with van der Waals surface area (Å²) in [6.45, 7) is 8.35. The highest BCUT2D eigenvalue weighted by atomic mass is 32.1. The van der Waals surface area contributed by atoms with Gasteiger partial charge in [-0.15, -0.1) is 0 Å². The predicted octanol–water partition coefficient (Wildman–Crippen LogP) is 2.90. The van der Waals surface area contributed by atoms with Crippen molar-refractivity contribution in [2.45, 2.75) is 45.6 Å². The molecule has 0 aliphatic carbocycles. The highest BCUT2D eigenvalue weighted by molar-refractivity contribution is 7.80. The zero-order valence-electron chi connectivity index (χ0n) is 13.0. The molecule has 1 heterocycles. The first kappa shape index (κ1) is 16.0. The van der Waals surface area contributed by atoms with Crippen LogP contribution in [0.5, 0.6) is 5.75 Å². The molecule has 21 heavy (non-hydrogen) atoms. The Labute approximate surface area is 132 Å². The molecular weight excluding hydrogens is 282 g/mol. The Balaban J connectivity index is 2.35. The van der Waals surface area contributed by atoms with Crippen LogP contribution in [0.3, 0.4) is 0 Å². The number of piperidine rings is 1. The summed E-state index contributed by atoms with van der Waals surface area (Å²) in [5, 5.41) is 6.69. The fourth-order valence-electron chi connectivity index (χ4n) is 2.86. The first-order valence-electron chi connectivity index (χ1n) is 7.55. The molecule has 0 spiro atoms. The Morgan fingerprint density at radius 3 is 2.62 bits per heavy atom. The topological polar surface area (TPSA) is 59.3 Å². The monoisotopic (exact) mass is 307 g/mol. The molecule has 1 saturated heterocycles. The normalized spacial score (nSPS) is 16.0. The Morgan fingerprint density at radius 2 is 2.05 bits per heavy atom. The maximum absolute atomic E-state index is 5.94. The van der Waals surface area contributed by atoms with Crippen molar-refractivity contribution in [3.05, 3.63) is 23.3 Å². The molecule has 1 aromatic rings. The van der Waals surface area contributed by atoms with Crippen molar-refractivity contribution in [3.8, 4) is 5.75 Å². The first-order chi connectivity index (χ1) is 9.97. The smallest absolute Gasteiger partial charge is 0.168 e. The van der Waals surface area contributed by atoms with E-state index in [1.54, 1.807) is 0 Å². The van der Waals surface area contributed by atoms with Gasteiger partial charge in [-0.1, -0.05) is 0 Å². The number of ether oxygens (including phenoxy) is 1. The maximum Gasteiger partial charge on any atom is 0.168 e. The first-order valence-corrected chi connectivity index (χ1v) is 7.96. The van der Waals surface area contributed by atoms with E-state index in [0.29, 0.717) is 5.92 Å². The molecule has 0 atom stereocenters. The largest absolute Gasteiger partial charge is 0.489 e. The molecule has 1 aliphatic heterocycles. The molecule has 0 radical (unpaired) electrons. The van der Waals surface area contributed by atoms with Gasteiger partial charge in [0.25, 0.3) is 0 Å². The molecule has 4 N–H and O–H groups in total. The summed E-state index contributed by atoms with van der Waals surface area (Å²) in [6.07, 6.45) is 2.45. The summed E-state index contributed by atoms with van der Waals surface area (Å²) in [5.41, 5.74) is 9.10. The third-order valence-electron chi connectivity index (χ3n) is 3.77. The molecule has 0 unspecified atom stereocenters. The highest BCUT2D eigenvalue weighted by Crippen LogP contribution is 2.36. The standard InChI is InChI=1S/C16H25N3OS/c1-10(2)20-15-9-13(12-4-6-18-7-5-12)11(3)8-14(15)19-16(17)21/h8-10,12,18H,4-7H2,1-3H3,(H3,17,19,21). The summed E-state index contributed by atoms with van der Waals surface area (Å²) in [6, 6.07) is 4.25. The lowest BCUT2D eigenvalue weighted by atomic mass is 9.87. The minimum absolute atomic E-state index is 0.112. The van der Waals surface area contributed by atoms with Crippen molar-refractivity contribution < 1.29 is 4.74 Å². The number of aryl methyl sites for hydroxylation is 1. The summed E-state index contributed by atoms with van der Waals surface area (Å²) in [4.78, 5) is 0. The maximum atomic E-state index is 5.94. The van der Waals surface area contributed by atoms with Gasteiger partial charge in [-0.05, 0) is 88.1 Å². The van der Waals surface area contributed by atoms with Gasteiger partial charge in [0.15, 0.2) is 5.11 Å². The van der Waals surface area contributed by atoms with Crippen molar-refractivity contribution in [2.24, 2.45) is 5.73 Å². The van der Waals surface area contributed by atoms with E-state index in [2.05, 4.69) is 29.7 Å². The van der Waals surface area contributed by atoms with Gasteiger partial charge in [0.05, 0.1) is 11.8 Å². The van der Waals surface area contributed by atoms with Crippen LogP contribution in [0.4, 0.5) is 5.69 Å². The van der Waals surface area contributed by atoms with Gasteiger partial charge in [0.1, 0.15) is 5.75 Å². The lowest BCUT2D eigenvalue weighted by Crippen LogP contribution is -2.27. The molecule has 116 valence electrons. The van der Waals surface area contributed by atoms with Crippen LogP contribution in [0.2, 0.25) is 0 Å². The Morgan fingerprint density at radius 1 is 1.38 bits per heavy atom. The van der Waals surface area contributed by atoms with Gasteiger partial charge < -0.3 is 21.1 Å². The van der Waals surface area contributed by atoms with E-state index in [4.69, 9.17) is 22.7 Å². The van der Waals surface area contributed by atoms with Crippen molar-refractivity contribution in [2.75, 3.05) is 18.4 Å². The summed E-state index contributed by atoms with van der Waals surface area (Å²) in [7, 11) is 0. The Hall–Kier alpha value is -1.33. The SMILES string of the molecule is Cc1cc(NC(N)=S)c(OC(C)C)cc1C1CCNCC1. The number of benzene rings is 1. The number of nitrogens with one attached hydrogen (secondary N) is 2. The van der Waals surface area contributed by atoms with Crippen molar-refractivity contribution in [1.29, 1.82) is 0 Å². The van der Waals surface area contributed by atoms with Gasteiger partial charge in [-0.3, -0.25) is 0 Å². The molecule has 1 aromatic carbocycles. The van der Waals surface area contributed by atoms with E-state index < -0.39 is 0 Å². The van der Waals surface area contributed by atoms with Crippen LogP contribution in [-0.4, -0.2) is 24.3 Å². The molecule has 0 aromatic heterocycles. The lowest BCUT2D eigenvalue weighted by Gasteiger charge is -2.26. The molecule has 0 bridgehead atoms. The van der Waals surface area contributed by atoms with Gasteiger partial charge in [-0.25, -0.2) is 0 Å². The fraction of sp³-hybridized carbons (Fsp3) is 0.562. The van der Waals surface area contributed by atoms with E-state index >= 15 is 0 Å². The van der Waals surface area contributed by atoms with Crippen LogP contribution in [0.25, 0.3) is 0 Å². The lowest BCUT2D eigenvalue weighted by molar-refractivity contribution is 0.243. The summed E-state index contributed by atoms with van der Waals surface area (Å²) < 4.78 is 5.94.